The number of benzene rings is 2. The Morgan fingerprint density at radius 1 is 1.04 bits per heavy atom. The molecule has 0 spiro atoms. The molecule has 3 rings (SSSR count). The largest absolute Gasteiger partial charge is 0.495 e. The quantitative estimate of drug-likeness (QED) is 0.721. The first-order valence-corrected chi connectivity index (χ1v) is 7.94. The zero-order valence-corrected chi connectivity index (χ0v) is 13.9. The van der Waals surface area contributed by atoms with Gasteiger partial charge in [-0.15, -0.1) is 0 Å². The molecule has 3 aromatic rings. The van der Waals surface area contributed by atoms with Gasteiger partial charge in [0.15, 0.2) is 0 Å². The van der Waals surface area contributed by atoms with Gasteiger partial charge < -0.3 is 15.4 Å². The summed E-state index contributed by atoms with van der Waals surface area (Å²) in [5.74, 6) is 0.516. The van der Waals surface area contributed by atoms with Crippen LogP contribution in [-0.2, 0) is 6.54 Å². The van der Waals surface area contributed by atoms with Gasteiger partial charge in [-0.05, 0) is 29.8 Å². The van der Waals surface area contributed by atoms with Crippen LogP contribution >= 0.6 is 0 Å². The van der Waals surface area contributed by atoms with Crippen LogP contribution in [0.25, 0.3) is 0 Å². The number of nitrogens with zero attached hydrogens (tertiary/aromatic N) is 1. The van der Waals surface area contributed by atoms with Gasteiger partial charge in [0, 0.05) is 18.4 Å². The fraction of sp³-hybridized carbons (Fsp3) is 0.100. The van der Waals surface area contributed by atoms with Gasteiger partial charge in [0.05, 0.1) is 12.8 Å². The van der Waals surface area contributed by atoms with E-state index in [0.29, 0.717) is 12.2 Å². The molecular weight excluding hydrogens is 314 g/mol. The van der Waals surface area contributed by atoms with Crippen molar-refractivity contribution in [2.45, 2.75) is 6.54 Å². The Morgan fingerprint density at radius 3 is 2.60 bits per heavy atom. The Balaban J connectivity index is 1.69. The first-order valence-electron chi connectivity index (χ1n) is 7.94. The van der Waals surface area contributed by atoms with Crippen LogP contribution < -0.4 is 15.4 Å². The Bertz CT molecular complexity index is 850. The molecule has 126 valence electrons. The number of pyridine rings is 1. The molecule has 1 aromatic heterocycles. The maximum atomic E-state index is 12.3. The van der Waals surface area contributed by atoms with Crippen LogP contribution in [0.1, 0.15) is 16.1 Å². The van der Waals surface area contributed by atoms with E-state index in [1.807, 2.05) is 54.6 Å². The molecule has 2 N–H and O–H groups in total. The summed E-state index contributed by atoms with van der Waals surface area (Å²) in [6.07, 6.45) is 1.61. The minimum absolute atomic E-state index is 0.215. The third-order valence-corrected chi connectivity index (χ3v) is 3.67. The second-order valence-corrected chi connectivity index (χ2v) is 5.42. The fourth-order valence-corrected chi connectivity index (χ4v) is 2.40. The molecule has 0 aliphatic heterocycles. The van der Waals surface area contributed by atoms with Crippen LogP contribution in [0.2, 0.25) is 0 Å². The number of carbonyl (C=O) groups is 1. The first kappa shape index (κ1) is 16.5. The van der Waals surface area contributed by atoms with Crippen molar-refractivity contribution in [3.8, 4) is 5.75 Å². The molecule has 5 heteroatoms. The van der Waals surface area contributed by atoms with E-state index in [1.165, 1.54) is 0 Å². The lowest BCUT2D eigenvalue weighted by molar-refractivity contribution is 0.0946. The molecule has 1 amide bonds. The van der Waals surface area contributed by atoms with Crippen LogP contribution in [0.15, 0.2) is 72.9 Å². The fourth-order valence-electron chi connectivity index (χ4n) is 2.40. The highest BCUT2D eigenvalue weighted by Gasteiger charge is 2.09. The lowest BCUT2D eigenvalue weighted by Gasteiger charge is -2.11. The number of amides is 1. The van der Waals surface area contributed by atoms with Crippen molar-refractivity contribution in [1.29, 1.82) is 0 Å². The minimum Gasteiger partial charge on any atom is -0.495 e. The van der Waals surface area contributed by atoms with Crippen molar-refractivity contribution in [3.05, 3.63) is 84.2 Å². The number of rotatable bonds is 6. The monoisotopic (exact) mass is 333 g/mol. The Kier molecular flexibility index (Phi) is 5.26. The Labute approximate surface area is 146 Å². The lowest BCUT2D eigenvalue weighted by atomic mass is 10.2. The summed E-state index contributed by atoms with van der Waals surface area (Å²) < 4.78 is 5.33. The molecule has 0 atom stereocenters. The van der Waals surface area contributed by atoms with Gasteiger partial charge in [-0.25, -0.2) is 0 Å². The van der Waals surface area contributed by atoms with E-state index in [-0.39, 0.29) is 5.91 Å². The molecule has 0 aliphatic carbocycles. The number of para-hydroxylation sites is 2. The number of hydrogen-bond acceptors (Lipinski definition) is 4. The molecule has 2 aromatic carbocycles. The highest BCUT2D eigenvalue weighted by atomic mass is 16.5. The van der Waals surface area contributed by atoms with E-state index in [9.17, 15) is 4.79 Å². The van der Waals surface area contributed by atoms with E-state index < -0.39 is 0 Å². The van der Waals surface area contributed by atoms with Gasteiger partial charge in [-0.2, -0.15) is 0 Å². The van der Waals surface area contributed by atoms with Crippen molar-refractivity contribution in [1.82, 2.24) is 10.3 Å². The standard InChI is InChI=1S/C20H19N3O2/c1-25-19-10-6-5-9-17(19)23-16-11-12-21-18(13-16)20(24)22-14-15-7-3-2-4-8-15/h2-13H,14H2,1H3,(H,21,23)(H,22,24). The predicted molar refractivity (Wildman–Crippen MR) is 98.1 cm³/mol. The van der Waals surface area contributed by atoms with Crippen molar-refractivity contribution in [3.63, 3.8) is 0 Å². The van der Waals surface area contributed by atoms with Gasteiger partial charge in [0.1, 0.15) is 11.4 Å². The molecule has 5 nitrogen and oxygen atoms in total. The Hall–Kier alpha value is -3.34. The van der Waals surface area contributed by atoms with Gasteiger partial charge in [0.25, 0.3) is 5.91 Å². The average Bonchev–Trinajstić information content (AvgIpc) is 2.67. The smallest absolute Gasteiger partial charge is 0.270 e. The summed E-state index contributed by atoms with van der Waals surface area (Å²) in [5.41, 5.74) is 2.99. The molecule has 0 saturated carbocycles. The number of hydrogen-bond donors (Lipinski definition) is 2. The average molecular weight is 333 g/mol. The zero-order valence-electron chi connectivity index (χ0n) is 13.9. The first-order chi connectivity index (χ1) is 12.3. The SMILES string of the molecule is COc1ccccc1Nc1ccnc(C(=O)NCc2ccccc2)c1. The lowest BCUT2D eigenvalue weighted by Crippen LogP contribution is -2.23. The minimum atomic E-state index is -0.215. The summed E-state index contributed by atoms with van der Waals surface area (Å²) in [5, 5.41) is 6.12. The third kappa shape index (κ3) is 4.35. The van der Waals surface area contributed by atoms with E-state index in [1.54, 1.807) is 25.4 Å². The molecule has 0 unspecified atom stereocenters. The summed E-state index contributed by atoms with van der Waals surface area (Å²) >= 11 is 0. The van der Waals surface area contributed by atoms with E-state index in [2.05, 4.69) is 15.6 Å². The highest BCUT2D eigenvalue weighted by molar-refractivity contribution is 5.93. The summed E-state index contributed by atoms with van der Waals surface area (Å²) in [6.45, 7) is 0.464. The molecule has 1 heterocycles. The number of ether oxygens (including phenoxy) is 1. The molecule has 25 heavy (non-hydrogen) atoms. The van der Waals surface area contributed by atoms with Crippen molar-refractivity contribution >= 4 is 17.3 Å². The predicted octanol–water partition coefficient (Wildman–Crippen LogP) is 3.76. The van der Waals surface area contributed by atoms with Crippen molar-refractivity contribution in [2.24, 2.45) is 0 Å². The summed E-state index contributed by atoms with van der Waals surface area (Å²) in [4.78, 5) is 16.5. The van der Waals surface area contributed by atoms with E-state index >= 15 is 0 Å². The number of carbonyl (C=O) groups excluding carboxylic acids is 1. The molecule has 0 fully saturated rings. The molecule has 0 saturated heterocycles. The van der Waals surface area contributed by atoms with Crippen molar-refractivity contribution in [2.75, 3.05) is 12.4 Å². The van der Waals surface area contributed by atoms with E-state index in [0.717, 1.165) is 22.7 Å². The third-order valence-electron chi connectivity index (χ3n) is 3.67. The maximum Gasteiger partial charge on any atom is 0.270 e. The highest BCUT2D eigenvalue weighted by Crippen LogP contribution is 2.26. The van der Waals surface area contributed by atoms with Crippen LogP contribution in [0.5, 0.6) is 5.75 Å². The topological polar surface area (TPSA) is 63.2 Å². The van der Waals surface area contributed by atoms with Crippen LogP contribution in [0.3, 0.4) is 0 Å². The van der Waals surface area contributed by atoms with Crippen molar-refractivity contribution < 1.29 is 9.53 Å². The molecular formula is C20H19N3O2. The Morgan fingerprint density at radius 2 is 1.80 bits per heavy atom. The maximum absolute atomic E-state index is 12.3. The number of nitrogens with one attached hydrogen (secondary N) is 2. The molecule has 0 radical (unpaired) electrons. The van der Waals surface area contributed by atoms with Gasteiger partial charge in [-0.1, -0.05) is 42.5 Å². The van der Waals surface area contributed by atoms with Gasteiger partial charge >= 0.3 is 0 Å². The summed E-state index contributed by atoms with van der Waals surface area (Å²) in [6, 6.07) is 20.9. The second kappa shape index (κ2) is 7.97. The number of methoxy groups -OCH3 is 1. The van der Waals surface area contributed by atoms with E-state index in [4.69, 9.17) is 4.74 Å². The number of anilines is 2. The number of aromatic nitrogens is 1. The summed E-state index contributed by atoms with van der Waals surface area (Å²) in [7, 11) is 1.62. The van der Waals surface area contributed by atoms with Gasteiger partial charge in [0.2, 0.25) is 0 Å². The van der Waals surface area contributed by atoms with Crippen LogP contribution in [-0.4, -0.2) is 18.0 Å². The zero-order chi connectivity index (χ0) is 17.5. The van der Waals surface area contributed by atoms with Crippen LogP contribution in [0.4, 0.5) is 11.4 Å². The second-order valence-electron chi connectivity index (χ2n) is 5.42. The normalized spacial score (nSPS) is 10.1. The van der Waals surface area contributed by atoms with Gasteiger partial charge in [-0.3, -0.25) is 9.78 Å². The molecule has 0 bridgehead atoms. The van der Waals surface area contributed by atoms with Crippen LogP contribution in [0, 0.1) is 0 Å². The molecule has 0 aliphatic rings.